The summed E-state index contributed by atoms with van der Waals surface area (Å²) in [6, 6.07) is 4.61. The normalized spacial score (nSPS) is 10.2. The molecular weight excluding hydrogens is 230 g/mol. The van der Waals surface area contributed by atoms with E-state index in [2.05, 4.69) is 0 Å². The van der Waals surface area contributed by atoms with Crippen LogP contribution >= 0.6 is 11.6 Å². The van der Waals surface area contributed by atoms with Gasteiger partial charge in [0.2, 0.25) is 0 Å². The van der Waals surface area contributed by atoms with E-state index in [0.29, 0.717) is 36.1 Å². The fourth-order valence-corrected chi connectivity index (χ4v) is 1.39. The van der Waals surface area contributed by atoms with Gasteiger partial charge in [-0.15, -0.1) is 0 Å². The summed E-state index contributed by atoms with van der Waals surface area (Å²) in [4.78, 5) is 0. The lowest BCUT2D eigenvalue weighted by atomic mass is 9.80. The van der Waals surface area contributed by atoms with Crippen LogP contribution in [0.25, 0.3) is 0 Å². The van der Waals surface area contributed by atoms with Gasteiger partial charge >= 0.3 is 7.12 Å². The van der Waals surface area contributed by atoms with Crippen LogP contribution in [0.3, 0.4) is 0 Å². The topological polar surface area (TPSA) is 58.9 Å². The zero-order chi connectivity index (χ0) is 12.0. The van der Waals surface area contributed by atoms with Crippen molar-refractivity contribution in [1.82, 2.24) is 0 Å². The Labute approximate surface area is 99.9 Å². The molecule has 1 aromatic carbocycles. The molecule has 0 aliphatic heterocycles. The molecule has 0 fully saturated rings. The molecule has 4 nitrogen and oxygen atoms in total. The Morgan fingerprint density at radius 1 is 1.31 bits per heavy atom. The first-order valence-corrected chi connectivity index (χ1v) is 5.39. The second kappa shape index (κ2) is 6.76. The highest BCUT2D eigenvalue weighted by Crippen LogP contribution is 2.22. The summed E-state index contributed by atoms with van der Waals surface area (Å²) in [6.07, 6.45) is 0. The summed E-state index contributed by atoms with van der Waals surface area (Å²) in [5, 5.41) is 18.2. The molecule has 0 unspecified atom stereocenters. The van der Waals surface area contributed by atoms with E-state index >= 15 is 0 Å². The first kappa shape index (κ1) is 13.3. The van der Waals surface area contributed by atoms with Crippen molar-refractivity contribution in [2.75, 3.05) is 19.8 Å². The maximum atomic E-state index is 8.92. The molecule has 16 heavy (non-hydrogen) atoms. The first-order valence-electron chi connectivity index (χ1n) is 5.01. The smallest absolute Gasteiger partial charge is 0.488 e. The zero-order valence-electron chi connectivity index (χ0n) is 9.02. The van der Waals surface area contributed by atoms with E-state index in [1.165, 1.54) is 6.07 Å². The summed E-state index contributed by atoms with van der Waals surface area (Å²) < 4.78 is 10.5. The zero-order valence-corrected chi connectivity index (χ0v) is 9.78. The number of benzene rings is 1. The molecule has 1 rings (SSSR count). The molecule has 0 radical (unpaired) electrons. The summed E-state index contributed by atoms with van der Waals surface area (Å²) in [7, 11) is -1.52. The molecule has 0 heterocycles. The molecule has 88 valence electrons. The molecule has 0 spiro atoms. The molecule has 0 aromatic heterocycles. The monoisotopic (exact) mass is 244 g/mol. The predicted octanol–water partition coefficient (Wildman–Crippen LogP) is 0.435. The van der Waals surface area contributed by atoms with Crippen LogP contribution < -0.4 is 10.2 Å². The van der Waals surface area contributed by atoms with Crippen molar-refractivity contribution in [3.63, 3.8) is 0 Å². The van der Waals surface area contributed by atoms with Crippen LogP contribution in [0.15, 0.2) is 18.2 Å². The molecule has 6 heteroatoms. The number of halogens is 1. The van der Waals surface area contributed by atoms with Crippen LogP contribution in [0.2, 0.25) is 5.02 Å². The van der Waals surface area contributed by atoms with Crippen molar-refractivity contribution in [2.24, 2.45) is 0 Å². The Bertz CT molecular complexity index is 333. The van der Waals surface area contributed by atoms with Crippen molar-refractivity contribution in [2.45, 2.75) is 6.92 Å². The highest BCUT2D eigenvalue weighted by atomic mass is 35.5. The predicted molar refractivity (Wildman–Crippen MR) is 63.3 cm³/mol. The molecule has 1 aromatic rings. The van der Waals surface area contributed by atoms with Gasteiger partial charge in [-0.3, -0.25) is 0 Å². The van der Waals surface area contributed by atoms with Gasteiger partial charge in [0.25, 0.3) is 0 Å². The lowest BCUT2D eigenvalue weighted by Gasteiger charge is -2.09. The van der Waals surface area contributed by atoms with Gasteiger partial charge in [0, 0.05) is 6.61 Å². The lowest BCUT2D eigenvalue weighted by molar-refractivity contribution is 0.110. The van der Waals surface area contributed by atoms with Crippen LogP contribution in [0.4, 0.5) is 0 Å². The Morgan fingerprint density at radius 2 is 2.06 bits per heavy atom. The Balaban J connectivity index is 2.54. The van der Waals surface area contributed by atoms with E-state index in [1.54, 1.807) is 12.1 Å². The Morgan fingerprint density at radius 3 is 2.62 bits per heavy atom. The number of ether oxygens (including phenoxy) is 2. The maximum absolute atomic E-state index is 8.92. The van der Waals surface area contributed by atoms with Crippen molar-refractivity contribution in [3.8, 4) is 5.75 Å². The van der Waals surface area contributed by atoms with Gasteiger partial charge in [-0.2, -0.15) is 0 Å². The second-order valence-electron chi connectivity index (χ2n) is 3.11. The molecule has 0 saturated carbocycles. The number of hydrogen-bond acceptors (Lipinski definition) is 4. The largest absolute Gasteiger partial charge is 0.490 e. The van der Waals surface area contributed by atoms with Gasteiger partial charge < -0.3 is 19.5 Å². The van der Waals surface area contributed by atoms with Crippen LogP contribution in [0, 0.1) is 0 Å². The Hall–Kier alpha value is -0.745. The van der Waals surface area contributed by atoms with Gasteiger partial charge in [0.05, 0.1) is 11.6 Å². The quantitative estimate of drug-likeness (QED) is 0.563. The average molecular weight is 244 g/mol. The van der Waals surface area contributed by atoms with Crippen molar-refractivity contribution in [1.29, 1.82) is 0 Å². The van der Waals surface area contributed by atoms with Crippen molar-refractivity contribution in [3.05, 3.63) is 23.2 Å². The summed E-state index contributed by atoms with van der Waals surface area (Å²) in [5.41, 5.74) is 0.335. The highest BCUT2D eigenvalue weighted by molar-refractivity contribution is 6.59. The van der Waals surface area contributed by atoms with E-state index in [9.17, 15) is 0 Å². The molecular formula is C10H14BClO4. The van der Waals surface area contributed by atoms with Crippen LogP contribution in [-0.2, 0) is 4.74 Å². The molecule has 0 atom stereocenters. The lowest BCUT2D eigenvalue weighted by Crippen LogP contribution is -2.29. The third kappa shape index (κ3) is 4.02. The van der Waals surface area contributed by atoms with E-state index in [4.69, 9.17) is 31.1 Å². The standard InChI is InChI=1S/C10H14BClO4/c1-2-15-5-6-16-10-4-3-8(11(13)14)7-9(10)12/h3-4,7,13-14H,2,5-6H2,1H3. The van der Waals surface area contributed by atoms with E-state index in [-0.39, 0.29) is 0 Å². The van der Waals surface area contributed by atoms with Gasteiger partial charge in [-0.1, -0.05) is 17.7 Å². The fourth-order valence-electron chi connectivity index (χ4n) is 1.15. The third-order valence-corrected chi connectivity index (χ3v) is 2.24. The molecule has 2 N–H and O–H groups in total. The van der Waals surface area contributed by atoms with Crippen LogP contribution in [0.5, 0.6) is 5.75 Å². The number of hydrogen-bond donors (Lipinski definition) is 2. The molecule has 0 amide bonds. The molecule has 0 aliphatic carbocycles. The minimum absolute atomic E-state index is 0.335. The fraction of sp³-hybridized carbons (Fsp3) is 0.400. The average Bonchev–Trinajstić information content (AvgIpc) is 2.26. The van der Waals surface area contributed by atoms with Gasteiger partial charge in [0.1, 0.15) is 12.4 Å². The summed E-state index contributed by atoms with van der Waals surface area (Å²) in [5.74, 6) is 0.505. The SMILES string of the molecule is CCOCCOc1ccc(B(O)O)cc1Cl. The molecule has 0 bridgehead atoms. The van der Waals surface area contributed by atoms with Crippen molar-refractivity contribution >= 4 is 24.2 Å². The van der Waals surface area contributed by atoms with E-state index < -0.39 is 7.12 Å². The number of rotatable bonds is 6. The summed E-state index contributed by atoms with van der Waals surface area (Å²) in [6.45, 7) is 3.46. The molecule has 0 saturated heterocycles. The Kier molecular flexibility index (Phi) is 5.62. The highest BCUT2D eigenvalue weighted by Gasteiger charge is 2.12. The second-order valence-corrected chi connectivity index (χ2v) is 3.52. The summed E-state index contributed by atoms with van der Waals surface area (Å²) >= 11 is 5.90. The van der Waals surface area contributed by atoms with Crippen molar-refractivity contribution < 1.29 is 19.5 Å². The molecule has 0 aliphatic rings. The van der Waals surface area contributed by atoms with Gasteiger partial charge in [-0.05, 0) is 24.5 Å². The first-order chi connectivity index (χ1) is 7.65. The minimum atomic E-state index is -1.52. The van der Waals surface area contributed by atoms with Crippen LogP contribution in [-0.4, -0.2) is 37.0 Å². The van der Waals surface area contributed by atoms with Gasteiger partial charge in [0.15, 0.2) is 0 Å². The van der Waals surface area contributed by atoms with E-state index in [0.717, 1.165) is 0 Å². The maximum Gasteiger partial charge on any atom is 0.488 e. The minimum Gasteiger partial charge on any atom is -0.490 e. The van der Waals surface area contributed by atoms with Crippen LogP contribution in [0.1, 0.15) is 6.92 Å². The van der Waals surface area contributed by atoms with Gasteiger partial charge in [-0.25, -0.2) is 0 Å². The third-order valence-electron chi connectivity index (χ3n) is 1.94. The van der Waals surface area contributed by atoms with E-state index in [1.807, 2.05) is 6.92 Å².